The summed E-state index contributed by atoms with van der Waals surface area (Å²) in [5.74, 6) is 1.41. The molecule has 0 aliphatic carbocycles. The fourth-order valence-electron chi connectivity index (χ4n) is 2.53. The number of anilines is 1. The topological polar surface area (TPSA) is 33.7 Å². The first-order valence-corrected chi connectivity index (χ1v) is 7.50. The van der Waals surface area contributed by atoms with Gasteiger partial charge >= 0.3 is 0 Å². The third-order valence-corrected chi connectivity index (χ3v) is 3.93. The molecule has 0 unspecified atom stereocenters. The number of hydrogen-bond donors (Lipinski definition) is 1. The SMILES string of the molecule is COc1cc(NCCCN2CCCC2)c(OC)cc1Cl. The number of ether oxygens (including phenoxy) is 2. The maximum Gasteiger partial charge on any atom is 0.143 e. The summed E-state index contributed by atoms with van der Waals surface area (Å²) in [6.07, 6.45) is 3.80. The monoisotopic (exact) mass is 298 g/mol. The van der Waals surface area contributed by atoms with Crippen molar-refractivity contribution in [2.45, 2.75) is 19.3 Å². The molecule has 0 spiro atoms. The van der Waals surface area contributed by atoms with Crippen LogP contribution in [0.1, 0.15) is 19.3 Å². The van der Waals surface area contributed by atoms with Gasteiger partial charge in [0.25, 0.3) is 0 Å². The predicted octanol–water partition coefficient (Wildman–Crippen LogP) is 3.26. The van der Waals surface area contributed by atoms with E-state index in [9.17, 15) is 0 Å². The molecule has 1 aliphatic heterocycles. The summed E-state index contributed by atoms with van der Waals surface area (Å²) in [6, 6.07) is 3.67. The van der Waals surface area contributed by atoms with Crippen molar-refractivity contribution in [3.63, 3.8) is 0 Å². The molecular formula is C15H23ClN2O2. The smallest absolute Gasteiger partial charge is 0.143 e. The van der Waals surface area contributed by atoms with Gasteiger partial charge in [-0.1, -0.05) is 11.6 Å². The van der Waals surface area contributed by atoms with Gasteiger partial charge in [0.15, 0.2) is 0 Å². The van der Waals surface area contributed by atoms with Crippen molar-refractivity contribution in [3.8, 4) is 11.5 Å². The van der Waals surface area contributed by atoms with Crippen LogP contribution in [-0.2, 0) is 0 Å². The van der Waals surface area contributed by atoms with Crippen molar-refractivity contribution in [2.24, 2.45) is 0 Å². The Morgan fingerprint density at radius 2 is 1.85 bits per heavy atom. The lowest BCUT2D eigenvalue weighted by atomic mass is 10.2. The standard InChI is InChI=1S/C15H23ClN2O2/c1-19-14-11-13(15(20-2)10-12(14)16)17-6-5-9-18-7-3-4-8-18/h10-11,17H,3-9H2,1-2H3. The van der Waals surface area contributed by atoms with Crippen LogP contribution in [0.2, 0.25) is 5.02 Å². The van der Waals surface area contributed by atoms with E-state index in [1.54, 1.807) is 20.3 Å². The Balaban J connectivity index is 1.87. The number of methoxy groups -OCH3 is 2. The summed E-state index contributed by atoms with van der Waals surface area (Å²) >= 11 is 6.09. The Morgan fingerprint density at radius 3 is 2.50 bits per heavy atom. The third kappa shape index (κ3) is 3.93. The van der Waals surface area contributed by atoms with Crippen LogP contribution in [0.25, 0.3) is 0 Å². The van der Waals surface area contributed by atoms with Crippen LogP contribution < -0.4 is 14.8 Å². The molecule has 1 aliphatic rings. The van der Waals surface area contributed by atoms with Gasteiger partial charge < -0.3 is 19.7 Å². The van der Waals surface area contributed by atoms with Crippen molar-refractivity contribution in [1.29, 1.82) is 0 Å². The molecule has 0 bridgehead atoms. The highest BCUT2D eigenvalue weighted by Gasteiger charge is 2.12. The Morgan fingerprint density at radius 1 is 1.15 bits per heavy atom. The Labute approximate surface area is 126 Å². The Bertz CT molecular complexity index is 434. The average Bonchev–Trinajstić information content (AvgIpc) is 2.97. The second kappa shape index (κ2) is 7.60. The summed E-state index contributed by atoms with van der Waals surface area (Å²) in [5.41, 5.74) is 0.926. The molecule has 0 radical (unpaired) electrons. The number of nitrogens with one attached hydrogen (secondary N) is 1. The van der Waals surface area contributed by atoms with Crippen LogP contribution in [0, 0.1) is 0 Å². The fourth-order valence-corrected chi connectivity index (χ4v) is 2.76. The van der Waals surface area contributed by atoms with Crippen LogP contribution in [0.5, 0.6) is 11.5 Å². The highest BCUT2D eigenvalue weighted by atomic mass is 35.5. The van der Waals surface area contributed by atoms with Crippen molar-refractivity contribution < 1.29 is 9.47 Å². The second-order valence-electron chi connectivity index (χ2n) is 5.02. The van der Waals surface area contributed by atoms with E-state index in [1.807, 2.05) is 6.07 Å². The second-order valence-corrected chi connectivity index (χ2v) is 5.42. The first-order valence-electron chi connectivity index (χ1n) is 7.12. The molecule has 20 heavy (non-hydrogen) atoms. The van der Waals surface area contributed by atoms with Crippen LogP contribution in [0.4, 0.5) is 5.69 Å². The van der Waals surface area contributed by atoms with Gasteiger partial charge in [0.05, 0.1) is 24.9 Å². The summed E-state index contributed by atoms with van der Waals surface area (Å²) in [6.45, 7) is 4.56. The number of halogens is 1. The summed E-state index contributed by atoms with van der Waals surface area (Å²) < 4.78 is 10.6. The van der Waals surface area contributed by atoms with Gasteiger partial charge in [0.2, 0.25) is 0 Å². The first kappa shape index (κ1) is 15.3. The van der Waals surface area contributed by atoms with Gasteiger partial charge in [-0.25, -0.2) is 0 Å². The van der Waals surface area contributed by atoms with Crippen molar-refractivity contribution >= 4 is 17.3 Å². The molecule has 0 aromatic heterocycles. The predicted molar refractivity (Wildman–Crippen MR) is 83.3 cm³/mol. The molecular weight excluding hydrogens is 276 g/mol. The fraction of sp³-hybridized carbons (Fsp3) is 0.600. The molecule has 0 saturated carbocycles. The molecule has 1 fully saturated rings. The molecule has 1 aromatic rings. The highest BCUT2D eigenvalue weighted by molar-refractivity contribution is 6.32. The summed E-state index contributed by atoms with van der Waals surface area (Å²) in [7, 11) is 3.26. The molecule has 4 nitrogen and oxygen atoms in total. The first-order chi connectivity index (χ1) is 9.74. The van der Waals surface area contributed by atoms with Crippen molar-refractivity contribution in [1.82, 2.24) is 4.90 Å². The number of rotatable bonds is 7. The summed E-state index contributed by atoms with van der Waals surface area (Å²) in [5, 5.41) is 3.96. The molecule has 1 saturated heterocycles. The normalized spacial score (nSPS) is 15.3. The van der Waals surface area contributed by atoms with E-state index >= 15 is 0 Å². The lowest BCUT2D eigenvalue weighted by molar-refractivity contribution is 0.337. The van der Waals surface area contributed by atoms with E-state index in [-0.39, 0.29) is 0 Å². The number of benzene rings is 1. The zero-order valence-corrected chi connectivity index (χ0v) is 13.0. The maximum atomic E-state index is 6.09. The zero-order valence-electron chi connectivity index (χ0n) is 12.2. The molecule has 5 heteroatoms. The van der Waals surface area contributed by atoms with E-state index in [0.29, 0.717) is 10.8 Å². The van der Waals surface area contributed by atoms with E-state index < -0.39 is 0 Å². The summed E-state index contributed by atoms with van der Waals surface area (Å²) in [4.78, 5) is 2.52. The van der Waals surface area contributed by atoms with Gasteiger partial charge in [-0.2, -0.15) is 0 Å². The van der Waals surface area contributed by atoms with Crippen LogP contribution in [0.15, 0.2) is 12.1 Å². The van der Waals surface area contributed by atoms with E-state index in [1.165, 1.54) is 25.9 Å². The molecule has 112 valence electrons. The van der Waals surface area contributed by atoms with Gasteiger partial charge in [0, 0.05) is 18.7 Å². The van der Waals surface area contributed by atoms with Crippen LogP contribution in [-0.4, -0.2) is 45.3 Å². The lowest BCUT2D eigenvalue weighted by Crippen LogP contribution is -2.22. The maximum absolute atomic E-state index is 6.09. The zero-order chi connectivity index (χ0) is 14.4. The van der Waals surface area contributed by atoms with E-state index in [0.717, 1.165) is 30.9 Å². The van der Waals surface area contributed by atoms with E-state index in [2.05, 4.69) is 10.2 Å². The Hall–Kier alpha value is -1.13. The lowest BCUT2D eigenvalue weighted by Gasteiger charge is -2.16. The molecule has 1 aromatic carbocycles. The Kier molecular flexibility index (Phi) is 5.80. The van der Waals surface area contributed by atoms with E-state index in [4.69, 9.17) is 21.1 Å². The minimum atomic E-state index is 0.562. The molecule has 1 N–H and O–H groups in total. The molecule has 1 heterocycles. The number of likely N-dealkylation sites (tertiary alicyclic amines) is 1. The van der Waals surface area contributed by atoms with Crippen LogP contribution >= 0.6 is 11.6 Å². The molecule has 2 rings (SSSR count). The van der Waals surface area contributed by atoms with Crippen LogP contribution in [0.3, 0.4) is 0 Å². The van der Waals surface area contributed by atoms with Crippen molar-refractivity contribution in [3.05, 3.63) is 17.2 Å². The average molecular weight is 299 g/mol. The minimum absolute atomic E-state index is 0.562. The van der Waals surface area contributed by atoms with Crippen molar-refractivity contribution in [2.75, 3.05) is 45.7 Å². The van der Waals surface area contributed by atoms with Gasteiger partial charge in [-0.3, -0.25) is 0 Å². The molecule has 0 amide bonds. The molecule has 0 atom stereocenters. The van der Waals surface area contributed by atoms with Gasteiger partial charge in [-0.15, -0.1) is 0 Å². The minimum Gasteiger partial charge on any atom is -0.495 e. The highest BCUT2D eigenvalue weighted by Crippen LogP contribution is 2.35. The largest absolute Gasteiger partial charge is 0.495 e. The van der Waals surface area contributed by atoms with Gasteiger partial charge in [0.1, 0.15) is 11.5 Å². The third-order valence-electron chi connectivity index (χ3n) is 3.64. The number of nitrogens with zero attached hydrogens (tertiary/aromatic N) is 1. The quantitative estimate of drug-likeness (QED) is 0.784. The van der Waals surface area contributed by atoms with Gasteiger partial charge in [-0.05, 0) is 38.9 Å². The number of hydrogen-bond acceptors (Lipinski definition) is 4.